The zero-order valence-corrected chi connectivity index (χ0v) is 16.3. The van der Waals surface area contributed by atoms with E-state index in [0.717, 1.165) is 0 Å². The Bertz CT molecular complexity index is 763. The van der Waals surface area contributed by atoms with Gasteiger partial charge in [0, 0.05) is 18.3 Å². The van der Waals surface area contributed by atoms with Crippen LogP contribution in [0.25, 0.3) is 0 Å². The van der Waals surface area contributed by atoms with Crippen molar-refractivity contribution in [3.8, 4) is 0 Å². The molecule has 1 N–H and O–H groups in total. The Morgan fingerprint density at radius 2 is 2.12 bits per heavy atom. The van der Waals surface area contributed by atoms with Gasteiger partial charge in [0.05, 0.1) is 15.6 Å². The van der Waals surface area contributed by atoms with E-state index in [4.69, 9.17) is 16.1 Å². The van der Waals surface area contributed by atoms with E-state index in [-0.39, 0.29) is 33.3 Å². The van der Waals surface area contributed by atoms with Gasteiger partial charge in [0.15, 0.2) is 5.82 Å². The largest absolute Gasteiger partial charge is 0.339 e. The van der Waals surface area contributed by atoms with Crippen LogP contribution in [0.15, 0.2) is 27.6 Å². The quantitative estimate of drug-likeness (QED) is 0.635. The van der Waals surface area contributed by atoms with Gasteiger partial charge in [0.1, 0.15) is 0 Å². The highest BCUT2D eigenvalue weighted by Gasteiger charge is 2.21. The van der Waals surface area contributed by atoms with Gasteiger partial charge < -0.3 is 9.84 Å². The number of hydrogen-bond donors (Lipinski definition) is 1. The monoisotopic (exact) mass is 403 g/mol. The summed E-state index contributed by atoms with van der Waals surface area (Å²) in [6.07, 6.45) is 1.15. The van der Waals surface area contributed by atoms with Gasteiger partial charge in [-0.05, 0) is 18.6 Å². The third kappa shape index (κ3) is 5.95. The van der Waals surface area contributed by atoms with Crippen LogP contribution >= 0.6 is 23.4 Å². The molecule has 26 heavy (non-hydrogen) atoms. The van der Waals surface area contributed by atoms with Crippen LogP contribution in [0.3, 0.4) is 0 Å². The smallest absolute Gasteiger partial charge is 0.289 e. The summed E-state index contributed by atoms with van der Waals surface area (Å²) >= 11 is 6.25. The van der Waals surface area contributed by atoms with Gasteiger partial charge in [-0.25, -0.2) is 0 Å². The van der Waals surface area contributed by atoms with Crippen molar-refractivity contribution in [1.29, 1.82) is 0 Å². The summed E-state index contributed by atoms with van der Waals surface area (Å²) in [5.41, 5.74) is 0.0744. The molecule has 1 amide bonds. The molecular formula is C17H20ClF2N3O2S. The maximum atomic E-state index is 12.7. The Kier molecular flexibility index (Phi) is 7.00. The van der Waals surface area contributed by atoms with Crippen molar-refractivity contribution in [2.24, 2.45) is 0 Å². The molecule has 2 rings (SSSR count). The number of benzene rings is 1. The van der Waals surface area contributed by atoms with E-state index in [1.165, 1.54) is 6.07 Å². The zero-order valence-electron chi connectivity index (χ0n) is 14.7. The van der Waals surface area contributed by atoms with Crippen LogP contribution in [-0.4, -0.2) is 21.8 Å². The average molecular weight is 404 g/mol. The molecule has 0 saturated heterocycles. The van der Waals surface area contributed by atoms with Crippen molar-refractivity contribution in [3.05, 3.63) is 34.9 Å². The molecule has 0 bridgehead atoms. The first-order valence-electron chi connectivity index (χ1n) is 8.03. The third-order valence-electron chi connectivity index (χ3n) is 3.38. The van der Waals surface area contributed by atoms with Crippen LogP contribution in [0.1, 0.15) is 45.3 Å². The first-order valence-corrected chi connectivity index (χ1v) is 9.29. The molecule has 1 aromatic carbocycles. The number of amides is 1. The maximum absolute atomic E-state index is 12.7. The first kappa shape index (κ1) is 20.6. The number of aryl methyl sites for hydroxylation is 1. The summed E-state index contributed by atoms with van der Waals surface area (Å²) in [6.45, 7) is 5.94. The number of aromatic nitrogens is 2. The predicted molar refractivity (Wildman–Crippen MR) is 97.9 cm³/mol. The molecular weight excluding hydrogens is 384 g/mol. The SMILES string of the molecule is CC(C)(C)c1noc(CCCC(=O)Nc2cccc(Cl)c2SC(F)F)n1. The van der Waals surface area contributed by atoms with E-state index in [1.54, 1.807) is 12.1 Å². The molecule has 0 spiro atoms. The van der Waals surface area contributed by atoms with Crippen molar-refractivity contribution in [1.82, 2.24) is 10.1 Å². The average Bonchev–Trinajstić information content (AvgIpc) is 2.99. The van der Waals surface area contributed by atoms with E-state index >= 15 is 0 Å². The number of thioether (sulfide) groups is 1. The van der Waals surface area contributed by atoms with Crippen molar-refractivity contribution < 1.29 is 18.1 Å². The van der Waals surface area contributed by atoms with Gasteiger partial charge in [-0.2, -0.15) is 13.8 Å². The topological polar surface area (TPSA) is 68.0 Å². The lowest BCUT2D eigenvalue weighted by molar-refractivity contribution is -0.116. The molecule has 2 aromatic rings. The molecule has 9 heteroatoms. The minimum absolute atomic E-state index is 0.157. The summed E-state index contributed by atoms with van der Waals surface area (Å²) in [5.74, 6) is -1.83. The van der Waals surface area contributed by atoms with E-state index in [0.29, 0.717) is 36.3 Å². The standard InChI is InChI=1S/C17H20ClF2N3O2S/c1-17(2,3)15-22-13(25-23-15)9-5-8-12(24)21-11-7-4-6-10(18)14(11)26-16(19)20/h4,6-7,16H,5,8-9H2,1-3H3,(H,21,24). The van der Waals surface area contributed by atoms with Gasteiger partial charge in [-0.3, -0.25) is 4.79 Å². The first-order chi connectivity index (χ1) is 12.2. The maximum Gasteiger partial charge on any atom is 0.289 e. The number of alkyl halides is 2. The lowest BCUT2D eigenvalue weighted by Gasteiger charge is -2.12. The van der Waals surface area contributed by atoms with E-state index in [9.17, 15) is 13.6 Å². The molecule has 0 aliphatic rings. The predicted octanol–water partition coefficient (Wildman–Crippen LogP) is 5.30. The van der Waals surface area contributed by atoms with E-state index in [2.05, 4.69) is 15.5 Å². The molecule has 0 aliphatic carbocycles. The van der Waals surface area contributed by atoms with E-state index in [1.807, 2.05) is 20.8 Å². The molecule has 0 atom stereocenters. The van der Waals surface area contributed by atoms with Crippen LogP contribution in [-0.2, 0) is 16.6 Å². The highest BCUT2D eigenvalue weighted by atomic mass is 35.5. The highest BCUT2D eigenvalue weighted by molar-refractivity contribution is 7.99. The van der Waals surface area contributed by atoms with E-state index < -0.39 is 5.76 Å². The molecule has 1 heterocycles. The fourth-order valence-corrected chi connectivity index (χ4v) is 3.00. The molecule has 0 unspecified atom stereocenters. The van der Waals surface area contributed by atoms with Crippen molar-refractivity contribution in [2.75, 3.05) is 5.32 Å². The van der Waals surface area contributed by atoms with Crippen LogP contribution in [0.2, 0.25) is 5.02 Å². The summed E-state index contributed by atoms with van der Waals surface area (Å²) in [5, 5.41) is 6.73. The van der Waals surface area contributed by atoms with Crippen molar-refractivity contribution in [3.63, 3.8) is 0 Å². The number of halogens is 3. The van der Waals surface area contributed by atoms with Gasteiger partial charge in [0.25, 0.3) is 5.76 Å². The molecule has 0 saturated carbocycles. The number of carbonyl (C=O) groups is 1. The Labute approximate surface area is 159 Å². The van der Waals surface area contributed by atoms with Gasteiger partial charge in [0.2, 0.25) is 11.8 Å². The fraction of sp³-hybridized carbons (Fsp3) is 0.471. The minimum Gasteiger partial charge on any atom is -0.339 e. The summed E-state index contributed by atoms with van der Waals surface area (Å²) < 4.78 is 30.5. The summed E-state index contributed by atoms with van der Waals surface area (Å²) in [7, 11) is 0. The second kappa shape index (κ2) is 8.81. The molecule has 142 valence electrons. The number of nitrogens with one attached hydrogen (secondary N) is 1. The summed E-state index contributed by atoms with van der Waals surface area (Å²) in [6, 6.07) is 4.65. The van der Waals surface area contributed by atoms with Crippen LogP contribution in [0.4, 0.5) is 14.5 Å². The van der Waals surface area contributed by atoms with Crippen molar-refractivity contribution in [2.45, 2.75) is 56.1 Å². The number of nitrogens with zero attached hydrogens (tertiary/aromatic N) is 2. The van der Waals surface area contributed by atoms with Gasteiger partial charge in [-0.15, -0.1) is 0 Å². The molecule has 5 nitrogen and oxygen atoms in total. The number of hydrogen-bond acceptors (Lipinski definition) is 5. The van der Waals surface area contributed by atoms with Crippen LogP contribution < -0.4 is 5.32 Å². The third-order valence-corrected chi connectivity index (χ3v) is 4.66. The number of anilines is 1. The second-order valence-electron chi connectivity index (χ2n) is 6.66. The van der Waals surface area contributed by atoms with Crippen LogP contribution in [0.5, 0.6) is 0 Å². The second-order valence-corrected chi connectivity index (χ2v) is 8.07. The van der Waals surface area contributed by atoms with Gasteiger partial charge in [-0.1, -0.05) is 55.4 Å². The molecule has 1 aromatic heterocycles. The fourth-order valence-electron chi connectivity index (χ4n) is 2.09. The lowest BCUT2D eigenvalue weighted by atomic mass is 9.96. The Hall–Kier alpha value is -1.67. The van der Waals surface area contributed by atoms with Crippen LogP contribution in [0, 0.1) is 0 Å². The molecule has 0 radical (unpaired) electrons. The number of carbonyl (C=O) groups excluding carboxylic acids is 1. The number of rotatable bonds is 7. The minimum atomic E-state index is -2.62. The Morgan fingerprint density at radius 1 is 1.38 bits per heavy atom. The summed E-state index contributed by atoms with van der Waals surface area (Å²) in [4.78, 5) is 16.6. The highest BCUT2D eigenvalue weighted by Crippen LogP contribution is 2.37. The molecule has 0 aliphatic heterocycles. The Balaban J connectivity index is 1.90. The zero-order chi connectivity index (χ0) is 19.3. The molecule has 0 fully saturated rings. The lowest BCUT2D eigenvalue weighted by Crippen LogP contribution is -2.13. The Morgan fingerprint density at radius 3 is 2.73 bits per heavy atom. The van der Waals surface area contributed by atoms with Crippen molar-refractivity contribution >= 4 is 35.0 Å². The normalized spacial score (nSPS) is 11.8. The van der Waals surface area contributed by atoms with Gasteiger partial charge >= 0.3 is 0 Å².